The van der Waals surface area contributed by atoms with Gasteiger partial charge in [0.15, 0.2) is 11.6 Å². The van der Waals surface area contributed by atoms with E-state index in [1.807, 2.05) is 13.8 Å². The van der Waals surface area contributed by atoms with Crippen LogP contribution in [0.15, 0.2) is 64.4 Å². The smallest absolute Gasteiger partial charge is 0.343 e. The minimum absolute atomic E-state index is 0.0228. The van der Waals surface area contributed by atoms with Crippen molar-refractivity contribution in [2.75, 3.05) is 7.11 Å². The Morgan fingerprint density at radius 2 is 2.11 bits per heavy atom. The standard InChI is InChI=1S/C22H23F2NO3/c1-5-17-9-16(11-21(26)18(12-25-17)22(27)28-4)14(3)8-13(2)15-6-7-19(23)20(24)10-15/h6-8,10-12,17,26H,2,5,9H2,1,3-4H3/b14-8+,16-11+,21-18-,25-12?. The highest BCUT2D eigenvalue weighted by molar-refractivity contribution is 6.10. The average molecular weight is 387 g/mol. The van der Waals surface area contributed by atoms with Crippen LogP contribution in [0.1, 0.15) is 32.3 Å². The van der Waals surface area contributed by atoms with Gasteiger partial charge in [0.1, 0.15) is 11.3 Å². The molecule has 0 spiro atoms. The Bertz CT molecular complexity index is 910. The molecular weight excluding hydrogens is 364 g/mol. The van der Waals surface area contributed by atoms with Gasteiger partial charge in [0.05, 0.1) is 13.2 Å². The number of nitrogens with zero attached hydrogens (tertiary/aromatic N) is 1. The molecule has 0 aliphatic carbocycles. The van der Waals surface area contributed by atoms with E-state index in [4.69, 9.17) is 4.74 Å². The summed E-state index contributed by atoms with van der Waals surface area (Å²) in [5.41, 5.74) is 2.44. The number of benzene rings is 1. The summed E-state index contributed by atoms with van der Waals surface area (Å²) < 4.78 is 31.3. The molecule has 0 radical (unpaired) electrons. The first-order chi connectivity index (χ1) is 13.3. The first-order valence-corrected chi connectivity index (χ1v) is 8.85. The molecule has 6 heteroatoms. The van der Waals surface area contributed by atoms with E-state index in [1.54, 1.807) is 6.08 Å². The molecular formula is C22H23F2NO3. The predicted octanol–water partition coefficient (Wildman–Crippen LogP) is 5.09. The van der Waals surface area contributed by atoms with Gasteiger partial charge in [-0.3, -0.25) is 4.99 Å². The van der Waals surface area contributed by atoms with Gasteiger partial charge in [-0.15, -0.1) is 0 Å². The van der Waals surface area contributed by atoms with E-state index < -0.39 is 17.6 Å². The SMILES string of the molecule is C=C(/C=C(C)/C1=C/C(O)=C(/C(=O)OC)C=NC(CC)C1)c1ccc(F)c(F)c1. The van der Waals surface area contributed by atoms with Gasteiger partial charge in [-0.25, -0.2) is 13.6 Å². The van der Waals surface area contributed by atoms with Gasteiger partial charge >= 0.3 is 5.97 Å². The van der Waals surface area contributed by atoms with Crippen molar-refractivity contribution in [3.8, 4) is 0 Å². The molecule has 148 valence electrons. The Morgan fingerprint density at radius 1 is 1.39 bits per heavy atom. The normalized spacial score (nSPS) is 22.1. The Labute approximate surface area is 163 Å². The Morgan fingerprint density at radius 3 is 2.71 bits per heavy atom. The summed E-state index contributed by atoms with van der Waals surface area (Å²) in [6.07, 6.45) is 5.84. The fraction of sp³-hybridized carbons (Fsp3) is 0.273. The number of ether oxygens (including phenoxy) is 1. The predicted molar refractivity (Wildman–Crippen MR) is 106 cm³/mol. The van der Waals surface area contributed by atoms with Gasteiger partial charge in [-0.2, -0.15) is 0 Å². The van der Waals surface area contributed by atoms with Crippen LogP contribution in [-0.2, 0) is 9.53 Å². The molecule has 1 atom stereocenters. The first kappa shape index (κ1) is 21.3. The maximum Gasteiger partial charge on any atom is 0.343 e. The zero-order valence-electron chi connectivity index (χ0n) is 16.1. The third-order valence-electron chi connectivity index (χ3n) is 4.52. The van der Waals surface area contributed by atoms with Crippen LogP contribution >= 0.6 is 0 Å². The van der Waals surface area contributed by atoms with Crippen LogP contribution in [0.3, 0.4) is 0 Å². The van der Waals surface area contributed by atoms with Crippen LogP contribution < -0.4 is 0 Å². The second-order valence-corrected chi connectivity index (χ2v) is 6.49. The van der Waals surface area contributed by atoms with Crippen molar-refractivity contribution in [1.82, 2.24) is 0 Å². The molecule has 1 heterocycles. The maximum atomic E-state index is 13.5. The number of carbonyl (C=O) groups is 1. The van der Waals surface area contributed by atoms with Crippen LogP contribution in [0.5, 0.6) is 0 Å². The number of rotatable bonds is 5. The van der Waals surface area contributed by atoms with E-state index in [2.05, 4.69) is 11.6 Å². The lowest BCUT2D eigenvalue weighted by atomic mass is 9.93. The van der Waals surface area contributed by atoms with Crippen molar-refractivity contribution < 1.29 is 23.4 Å². The minimum atomic E-state index is -0.946. The van der Waals surface area contributed by atoms with Crippen LogP contribution in [0, 0.1) is 11.6 Å². The Hall–Kier alpha value is -3.02. The summed E-state index contributed by atoms with van der Waals surface area (Å²) in [5.74, 6) is -2.79. The highest BCUT2D eigenvalue weighted by atomic mass is 19.2. The topological polar surface area (TPSA) is 58.9 Å². The van der Waals surface area contributed by atoms with E-state index in [1.165, 1.54) is 25.5 Å². The summed E-state index contributed by atoms with van der Waals surface area (Å²) in [4.78, 5) is 16.2. The number of aliphatic hydroxyl groups is 1. The van der Waals surface area contributed by atoms with E-state index in [0.29, 0.717) is 17.6 Å². The fourth-order valence-electron chi connectivity index (χ4n) is 2.78. The van der Waals surface area contributed by atoms with Gasteiger partial charge in [0.2, 0.25) is 0 Å². The molecule has 0 fully saturated rings. The third-order valence-corrected chi connectivity index (χ3v) is 4.52. The molecule has 1 aromatic carbocycles. The van der Waals surface area contributed by atoms with Crippen LogP contribution in [0.2, 0.25) is 0 Å². The maximum absolute atomic E-state index is 13.5. The number of hydrogen-bond acceptors (Lipinski definition) is 4. The number of methoxy groups -OCH3 is 1. The van der Waals surface area contributed by atoms with Crippen molar-refractivity contribution in [2.24, 2.45) is 4.99 Å². The quantitative estimate of drug-likeness (QED) is 0.566. The lowest BCUT2D eigenvalue weighted by Gasteiger charge is -2.17. The number of aliphatic imine (C=N–C) groups is 1. The van der Waals surface area contributed by atoms with Crippen LogP contribution in [0.4, 0.5) is 8.78 Å². The Kier molecular flexibility index (Phi) is 7.04. The Balaban J connectivity index is 2.42. The number of esters is 1. The van der Waals surface area contributed by atoms with Crippen molar-refractivity contribution in [3.63, 3.8) is 0 Å². The monoisotopic (exact) mass is 387 g/mol. The molecule has 1 unspecified atom stereocenters. The second kappa shape index (κ2) is 9.26. The highest BCUT2D eigenvalue weighted by Gasteiger charge is 2.19. The van der Waals surface area contributed by atoms with Crippen molar-refractivity contribution in [2.45, 2.75) is 32.7 Å². The van der Waals surface area contributed by atoms with Crippen LogP contribution in [-0.4, -0.2) is 30.4 Å². The third kappa shape index (κ3) is 5.03. The molecule has 1 aromatic rings. The number of allylic oxidation sites excluding steroid dienone is 4. The van der Waals surface area contributed by atoms with Crippen molar-refractivity contribution in [1.29, 1.82) is 0 Å². The zero-order valence-corrected chi connectivity index (χ0v) is 16.1. The summed E-state index contributed by atoms with van der Waals surface area (Å²) in [5, 5.41) is 10.3. The summed E-state index contributed by atoms with van der Waals surface area (Å²) in [6.45, 7) is 7.71. The second-order valence-electron chi connectivity index (χ2n) is 6.49. The summed E-state index contributed by atoms with van der Waals surface area (Å²) >= 11 is 0. The number of halogens is 2. The molecule has 0 saturated carbocycles. The first-order valence-electron chi connectivity index (χ1n) is 8.85. The van der Waals surface area contributed by atoms with E-state index >= 15 is 0 Å². The summed E-state index contributed by atoms with van der Waals surface area (Å²) in [7, 11) is 1.23. The molecule has 0 bridgehead atoms. The van der Waals surface area contributed by atoms with Gasteiger partial charge in [0.25, 0.3) is 0 Å². The molecule has 28 heavy (non-hydrogen) atoms. The van der Waals surface area contributed by atoms with Crippen molar-refractivity contribution >= 4 is 17.8 Å². The largest absolute Gasteiger partial charge is 0.507 e. The molecule has 1 N–H and O–H groups in total. The molecule has 0 amide bonds. The number of hydrogen-bond donors (Lipinski definition) is 1. The molecule has 4 nitrogen and oxygen atoms in total. The van der Waals surface area contributed by atoms with Crippen LogP contribution in [0.25, 0.3) is 5.57 Å². The zero-order chi connectivity index (χ0) is 20.8. The molecule has 0 saturated heterocycles. The lowest BCUT2D eigenvalue weighted by molar-refractivity contribution is -0.135. The lowest BCUT2D eigenvalue weighted by Crippen LogP contribution is -2.14. The van der Waals surface area contributed by atoms with Gasteiger partial charge in [-0.05, 0) is 60.3 Å². The highest BCUT2D eigenvalue weighted by Crippen LogP contribution is 2.27. The molecule has 0 aromatic heterocycles. The van der Waals surface area contributed by atoms with Gasteiger partial charge < -0.3 is 9.84 Å². The minimum Gasteiger partial charge on any atom is -0.507 e. The average Bonchev–Trinajstić information content (AvgIpc) is 2.66. The number of carbonyl (C=O) groups excluding carboxylic acids is 1. The van der Waals surface area contributed by atoms with Crippen molar-refractivity contribution in [3.05, 3.63) is 76.6 Å². The fourth-order valence-corrected chi connectivity index (χ4v) is 2.78. The molecule has 1 aliphatic heterocycles. The number of aliphatic hydroxyl groups excluding tert-OH is 1. The molecule has 2 rings (SSSR count). The summed E-state index contributed by atoms with van der Waals surface area (Å²) in [6, 6.07) is 3.49. The van der Waals surface area contributed by atoms with E-state index in [0.717, 1.165) is 29.7 Å². The van der Waals surface area contributed by atoms with E-state index in [-0.39, 0.29) is 17.4 Å². The van der Waals surface area contributed by atoms with Gasteiger partial charge in [0, 0.05) is 6.21 Å². The van der Waals surface area contributed by atoms with E-state index in [9.17, 15) is 18.7 Å². The van der Waals surface area contributed by atoms with Gasteiger partial charge in [-0.1, -0.05) is 25.6 Å². The molecule has 1 aliphatic rings.